The predicted molar refractivity (Wildman–Crippen MR) is 97.5 cm³/mol. The largest absolute Gasteiger partial charge is 0.497 e. The van der Waals surface area contributed by atoms with Gasteiger partial charge in [0, 0.05) is 12.2 Å². The van der Waals surface area contributed by atoms with Crippen molar-refractivity contribution in [3.05, 3.63) is 41.8 Å². The number of sulfonamides is 1. The number of methoxy groups -OCH3 is 1. The van der Waals surface area contributed by atoms with Crippen LogP contribution in [0.25, 0.3) is 0 Å². The highest BCUT2D eigenvalue weighted by Gasteiger charge is 2.38. The van der Waals surface area contributed by atoms with Crippen molar-refractivity contribution < 1.29 is 17.9 Å². The topological polar surface area (TPSA) is 75.7 Å². The number of hydrogen-bond acceptors (Lipinski definition) is 5. The molecule has 2 aromatic rings. The fraction of sp³-hybridized carbons (Fsp3) is 0.353. The SMILES string of the molecule is COc1ccc(NC(=O)C2CCCCN2S(=O)(=O)c2cccs2)cc1. The molecule has 1 unspecified atom stereocenters. The van der Waals surface area contributed by atoms with E-state index in [2.05, 4.69) is 5.32 Å². The Balaban J connectivity index is 1.79. The number of anilines is 1. The molecule has 1 aliphatic rings. The molecule has 0 bridgehead atoms. The van der Waals surface area contributed by atoms with Crippen LogP contribution in [0.4, 0.5) is 5.69 Å². The molecule has 1 amide bonds. The molecule has 0 radical (unpaired) electrons. The fourth-order valence-electron chi connectivity index (χ4n) is 2.88. The first-order chi connectivity index (χ1) is 12.0. The Bertz CT molecular complexity index is 817. The highest BCUT2D eigenvalue weighted by Crippen LogP contribution is 2.28. The minimum atomic E-state index is -3.64. The van der Waals surface area contributed by atoms with E-state index in [1.165, 1.54) is 15.6 Å². The van der Waals surface area contributed by atoms with E-state index >= 15 is 0 Å². The van der Waals surface area contributed by atoms with Gasteiger partial charge in [-0.1, -0.05) is 12.5 Å². The Morgan fingerprint density at radius 1 is 1.24 bits per heavy atom. The van der Waals surface area contributed by atoms with Crippen molar-refractivity contribution in [2.45, 2.75) is 29.5 Å². The molecule has 0 saturated carbocycles. The van der Waals surface area contributed by atoms with Gasteiger partial charge in [0.1, 0.15) is 16.0 Å². The lowest BCUT2D eigenvalue weighted by atomic mass is 10.0. The number of benzene rings is 1. The lowest BCUT2D eigenvalue weighted by Gasteiger charge is -2.33. The monoisotopic (exact) mass is 380 g/mol. The van der Waals surface area contributed by atoms with Crippen LogP contribution in [0.2, 0.25) is 0 Å². The van der Waals surface area contributed by atoms with E-state index < -0.39 is 16.1 Å². The Morgan fingerprint density at radius 3 is 2.64 bits per heavy atom. The average Bonchev–Trinajstić information content (AvgIpc) is 3.18. The maximum atomic E-state index is 12.8. The van der Waals surface area contributed by atoms with Gasteiger partial charge in [-0.15, -0.1) is 11.3 Å². The number of carbonyl (C=O) groups excluding carboxylic acids is 1. The summed E-state index contributed by atoms with van der Waals surface area (Å²) in [5.74, 6) is 0.391. The van der Waals surface area contributed by atoms with E-state index in [9.17, 15) is 13.2 Å². The Hall–Kier alpha value is -1.90. The van der Waals surface area contributed by atoms with Crippen LogP contribution in [0.3, 0.4) is 0 Å². The van der Waals surface area contributed by atoms with E-state index in [4.69, 9.17) is 4.74 Å². The molecule has 1 aromatic heterocycles. The van der Waals surface area contributed by atoms with Crippen molar-refractivity contribution in [3.63, 3.8) is 0 Å². The first-order valence-corrected chi connectivity index (χ1v) is 10.3. The second-order valence-electron chi connectivity index (χ2n) is 5.78. The van der Waals surface area contributed by atoms with Crippen molar-refractivity contribution in [1.82, 2.24) is 4.31 Å². The van der Waals surface area contributed by atoms with Crippen molar-refractivity contribution >= 4 is 33.0 Å². The molecule has 0 aliphatic carbocycles. The molecule has 1 saturated heterocycles. The second-order valence-corrected chi connectivity index (χ2v) is 8.84. The molecule has 3 rings (SSSR count). The molecule has 1 N–H and O–H groups in total. The number of nitrogens with zero attached hydrogens (tertiary/aromatic N) is 1. The van der Waals surface area contributed by atoms with Crippen LogP contribution in [0, 0.1) is 0 Å². The van der Waals surface area contributed by atoms with Crippen molar-refractivity contribution in [1.29, 1.82) is 0 Å². The molecule has 6 nitrogen and oxygen atoms in total. The van der Waals surface area contributed by atoms with Gasteiger partial charge in [-0.25, -0.2) is 8.42 Å². The summed E-state index contributed by atoms with van der Waals surface area (Å²) < 4.78 is 32.4. The lowest BCUT2D eigenvalue weighted by Crippen LogP contribution is -2.49. The molecule has 134 valence electrons. The maximum absolute atomic E-state index is 12.8. The smallest absolute Gasteiger partial charge is 0.253 e. The van der Waals surface area contributed by atoms with Gasteiger partial charge in [-0.3, -0.25) is 4.79 Å². The fourth-order valence-corrected chi connectivity index (χ4v) is 5.66. The molecule has 1 fully saturated rings. The summed E-state index contributed by atoms with van der Waals surface area (Å²) in [6.45, 7) is 0.362. The van der Waals surface area contributed by atoms with Crippen molar-refractivity contribution in [2.75, 3.05) is 19.0 Å². The molecule has 25 heavy (non-hydrogen) atoms. The van der Waals surface area contributed by atoms with Gasteiger partial charge in [-0.05, 0) is 48.6 Å². The van der Waals surface area contributed by atoms with E-state index in [1.54, 1.807) is 48.9 Å². The van der Waals surface area contributed by atoms with Crippen molar-refractivity contribution in [2.24, 2.45) is 0 Å². The number of carbonyl (C=O) groups is 1. The highest BCUT2D eigenvalue weighted by molar-refractivity contribution is 7.91. The molecule has 2 heterocycles. The Morgan fingerprint density at radius 2 is 2.00 bits per heavy atom. The summed E-state index contributed by atoms with van der Waals surface area (Å²) in [6.07, 6.45) is 2.11. The summed E-state index contributed by atoms with van der Waals surface area (Å²) in [6, 6.07) is 9.55. The zero-order chi connectivity index (χ0) is 17.9. The normalized spacial score (nSPS) is 18.7. The van der Waals surface area contributed by atoms with Crippen LogP contribution in [-0.4, -0.2) is 38.3 Å². The third-order valence-corrected chi connectivity index (χ3v) is 7.45. The predicted octanol–water partition coefficient (Wildman–Crippen LogP) is 2.94. The van der Waals surface area contributed by atoms with Gasteiger partial charge in [0.05, 0.1) is 7.11 Å². The lowest BCUT2D eigenvalue weighted by molar-refractivity contribution is -0.120. The van der Waals surface area contributed by atoms with Crippen LogP contribution < -0.4 is 10.1 Å². The van der Waals surface area contributed by atoms with Gasteiger partial charge < -0.3 is 10.1 Å². The van der Waals surface area contributed by atoms with Crippen LogP contribution in [-0.2, 0) is 14.8 Å². The van der Waals surface area contributed by atoms with Crippen molar-refractivity contribution in [3.8, 4) is 5.75 Å². The van der Waals surface area contributed by atoms with Crippen LogP contribution in [0.5, 0.6) is 5.75 Å². The van der Waals surface area contributed by atoms with E-state index in [1.807, 2.05) is 0 Å². The van der Waals surface area contributed by atoms with Crippen LogP contribution in [0.1, 0.15) is 19.3 Å². The maximum Gasteiger partial charge on any atom is 0.253 e. The molecular formula is C17H20N2O4S2. The van der Waals surface area contributed by atoms with Gasteiger partial charge in [0.15, 0.2) is 0 Å². The quantitative estimate of drug-likeness (QED) is 0.865. The number of amides is 1. The summed E-state index contributed by atoms with van der Waals surface area (Å²) >= 11 is 1.17. The number of hydrogen-bond donors (Lipinski definition) is 1. The molecule has 1 atom stereocenters. The minimum absolute atomic E-state index is 0.275. The molecule has 0 spiro atoms. The first-order valence-electron chi connectivity index (χ1n) is 8.02. The van der Waals surface area contributed by atoms with Gasteiger partial charge in [0.2, 0.25) is 5.91 Å². The zero-order valence-corrected chi connectivity index (χ0v) is 15.5. The highest BCUT2D eigenvalue weighted by atomic mass is 32.2. The minimum Gasteiger partial charge on any atom is -0.497 e. The Labute approximate surface area is 151 Å². The van der Waals surface area contributed by atoms with Gasteiger partial charge in [-0.2, -0.15) is 4.31 Å². The summed E-state index contributed by atoms with van der Waals surface area (Å²) in [4.78, 5) is 12.7. The number of rotatable bonds is 5. The molecule has 1 aromatic carbocycles. The molecule has 1 aliphatic heterocycles. The number of nitrogens with one attached hydrogen (secondary N) is 1. The zero-order valence-electron chi connectivity index (χ0n) is 13.8. The van der Waals surface area contributed by atoms with Crippen LogP contribution >= 0.6 is 11.3 Å². The van der Waals surface area contributed by atoms with E-state index in [0.29, 0.717) is 24.4 Å². The number of thiophene rings is 1. The third kappa shape index (κ3) is 3.86. The van der Waals surface area contributed by atoms with E-state index in [-0.39, 0.29) is 10.1 Å². The standard InChI is InChI=1S/C17H20N2O4S2/c1-23-14-9-7-13(8-10-14)18-17(20)15-5-2-3-11-19(15)25(21,22)16-6-4-12-24-16/h4,6-10,12,15H,2-3,5,11H2,1H3,(H,18,20). The first kappa shape index (κ1) is 17.9. The Kier molecular flexibility index (Phi) is 5.41. The number of piperidine rings is 1. The molecule has 8 heteroatoms. The average molecular weight is 380 g/mol. The van der Waals surface area contributed by atoms with E-state index in [0.717, 1.165) is 12.8 Å². The second kappa shape index (κ2) is 7.55. The summed E-state index contributed by atoms with van der Waals surface area (Å²) in [5, 5.41) is 4.54. The summed E-state index contributed by atoms with van der Waals surface area (Å²) in [7, 11) is -2.07. The number of ether oxygens (including phenoxy) is 1. The third-order valence-electron chi connectivity index (χ3n) is 4.17. The molecular weight excluding hydrogens is 360 g/mol. The summed E-state index contributed by atoms with van der Waals surface area (Å²) in [5.41, 5.74) is 0.616. The van der Waals surface area contributed by atoms with Crippen LogP contribution in [0.15, 0.2) is 46.0 Å². The van der Waals surface area contributed by atoms with Gasteiger partial charge in [0.25, 0.3) is 10.0 Å². The van der Waals surface area contributed by atoms with Gasteiger partial charge >= 0.3 is 0 Å².